The monoisotopic (exact) mass is 472 g/mol. The summed E-state index contributed by atoms with van der Waals surface area (Å²) in [5.41, 5.74) is 2.20. The number of anilines is 1. The highest BCUT2D eigenvalue weighted by atomic mass is 35.5. The van der Waals surface area contributed by atoms with Gasteiger partial charge < -0.3 is 9.64 Å². The molecule has 0 heterocycles. The van der Waals surface area contributed by atoms with Gasteiger partial charge in [0.1, 0.15) is 12.3 Å². The van der Waals surface area contributed by atoms with E-state index in [1.807, 2.05) is 60.7 Å². The molecule has 6 nitrogen and oxygen atoms in total. The number of ether oxygens (including phenoxy) is 1. The standard InChI is InChI=1S/C24H25ClN2O4S/c1-31-23-14-13-21(15-22(23)25)27(32(2,29)30)18-24(28)26(16-19-9-5-3-6-10-19)17-20-11-7-4-8-12-20/h3-15H,16-18H2,1-2H3. The van der Waals surface area contributed by atoms with Gasteiger partial charge in [0.2, 0.25) is 15.9 Å². The Labute approximate surface area is 194 Å². The van der Waals surface area contributed by atoms with E-state index >= 15 is 0 Å². The van der Waals surface area contributed by atoms with Gasteiger partial charge in [-0.3, -0.25) is 9.10 Å². The van der Waals surface area contributed by atoms with E-state index in [4.69, 9.17) is 16.3 Å². The second-order valence-corrected chi connectivity index (χ2v) is 9.62. The third-order valence-electron chi connectivity index (χ3n) is 4.89. The molecule has 0 aromatic heterocycles. The third kappa shape index (κ3) is 6.24. The first-order valence-corrected chi connectivity index (χ1v) is 12.2. The quantitative estimate of drug-likeness (QED) is 0.464. The minimum absolute atomic E-state index is 0.261. The minimum Gasteiger partial charge on any atom is -0.495 e. The Bertz CT molecular complexity index is 1110. The van der Waals surface area contributed by atoms with Crippen LogP contribution in [0.25, 0.3) is 0 Å². The summed E-state index contributed by atoms with van der Waals surface area (Å²) < 4.78 is 31.3. The van der Waals surface area contributed by atoms with E-state index in [0.29, 0.717) is 24.5 Å². The number of rotatable bonds is 9. The lowest BCUT2D eigenvalue weighted by Gasteiger charge is -2.28. The van der Waals surface area contributed by atoms with Gasteiger partial charge >= 0.3 is 0 Å². The molecule has 0 saturated carbocycles. The van der Waals surface area contributed by atoms with Crippen molar-refractivity contribution < 1.29 is 17.9 Å². The molecule has 0 radical (unpaired) electrons. The van der Waals surface area contributed by atoms with Crippen molar-refractivity contribution in [3.8, 4) is 5.75 Å². The summed E-state index contributed by atoms with van der Waals surface area (Å²) in [6.07, 6.45) is 1.07. The molecular weight excluding hydrogens is 448 g/mol. The molecule has 0 aliphatic rings. The van der Waals surface area contributed by atoms with Crippen molar-refractivity contribution in [2.45, 2.75) is 13.1 Å². The minimum atomic E-state index is -3.74. The number of halogens is 1. The number of amides is 1. The lowest BCUT2D eigenvalue weighted by Crippen LogP contribution is -2.42. The topological polar surface area (TPSA) is 66.9 Å². The largest absolute Gasteiger partial charge is 0.495 e. The zero-order valence-electron chi connectivity index (χ0n) is 17.9. The van der Waals surface area contributed by atoms with Gasteiger partial charge in [-0.05, 0) is 29.3 Å². The van der Waals surface area contributed by atoms with E-state index in [1.165, 1.54) is 13.2 Å². The number of methoxy groups -OCH3 is 1. The molecule has 168 valence electrons. The molecule has 3 aromatic carbocycles. The molecule has 0 aliphatic carbocycles. The Morgan fingerprint density at radius 2 is 1.44 bits per heavy atom. The first-order valence-electron chi connectivity index (χ1n) is 9.95. The number of carbonyl (C=O) groups is 1. The Kier molecular flexibility index (Phi) is 7.77. The molecule has 3 aromatic rings. The van der Waals surface area contributed by atoms with E-state index in [1.54, 1.807) is 17.0 Å². The maximum atomic E-state index is 13.4. The summed E-state index contributed by atoms with van der Waals surface area (Å²) in [5, 5.41) is 0.261. The maximum Gasteiger partial charge on any atom is 0.243 e. The van der Waals surface area contributed by atoms with Crippen LogP contribution >= 0.6 is 11.6 Å². The molecule has 0 aliphatic heterocycles. The van der Waals surface area contributed by atoms with Gasteiger partial charge in [0.05, 0.1) is 24.1 Å². The summed E-state index contributed by atoms with van der Waals surface area (Å²) in [6.45, 7) is 0.367. The second-order valence-electron chi connectivity index (χ2n) is 7.31. The zero-order valence-corrected chi connectivity index (χ0v) is 19.5. The van der Waals surface area contributed by atoms with Crippen LogP contribution in [0.4, 0.5) is 5.69 Å². The first kappa shape index (κ1) is 23.6. The molecule has 0 N–H and O–H groups in total. The van der Waals surface area contributed by atoms with Crippen LogP contribution in [0.5, 0.6) is 5.75 Å². The lowest BCUT2D eigenvalue weighted by molar-refractivity contribution is -0.130. The Hall–Kier alpha value is -3.03. The van der Waals surface area contributed by atoms with E-state index in [9.17, 15) is 13.2 Å². The summed E-state index contributed by atoms with van der Waals surface area (Å²) in [7, 11) is -2.27. The molecule has 0 fully saturated rings. The van der Waals surface area contributed by atoms with Gasteiger partial charge in [0, 0.05) is 13.1 Å². The van der Waals surface area contributed by atoms with E-state index in [0.717, 1.165) is 21.7 Å². The Morgan fingerprint density at radius 1 is 0.906 bits per heavy atom. The van der Waals surface area contributed by atoms with Crippen molar-refractivity contribution in [1.29, 1.82) is 0 Å². The first-order chi connectivity index (χ1) is 15.3. The fraction of sp³-hybridized carbons (Fsp3) is 0.208. The highest BCUT2D eigenvalue weighted by molar-refractivity contribution is 7.92. The summed E-state index contributed by atoms with van der Waals surface area (Å²) >= 11 is 6.20. The van der Waals surface area contributed by atoms with Crippen LogP contribution in [0.3, 0.4) is 0 Å². The third-order valence-corrected chi connectivity index (χ3v) is 6.32. The lowest BCUT2D eigenvalue weighted by atomic mass is 10.1. The van der Waals surface area contributed by atoms with Crippen molar-refractivity contribution in [2.75, 3.05) is 24.2 Å². The molecule has 0 saturated heterocycles. The van der Waals surface area contributed by atoms with Gasteiger partial charge in [0.25, 0.3) is 0 Å². The molecule has 1 amide bonds. The van der Waals surface area contributed by atoms with Crippen LogP contribution in [-0.4, -0.2) is 39.1 Å². The molecule has 32 heavy (non-hydrogen) atoms. The molecular formula is C24H25ClN2O4S. The fourth-order valence-corrected chi connectivity index (χ4v) is 4.37. The molecule has 0 atom stereocenters. The highest BCUT2D eigenvalue weighted by Crippen LogP contribution is 2.30. The van der Waals surface area contributed by atoms with Crippen molar-refractivity contribution in [3.05, 3.63) is 95.0 Å². The van der Waals surface area contributed by atoms with Gasteiger partial charge in [-0.1, -0.05) is 72.3 Å². The van der Waals surface area contributed by atoms with Crippen LogP contribution in [0.2, 0.25) is 5.02 Å². The average molecular weight is 473 g/mol. The molecule has 0 bridgehead atoms. The van der Waals surface area contributed by atoms with Crippen molar-refractivity contribution in [1.82, 2.24) is 4.90 Å². The van der Waals surface area contributed by atoms with Crippen LogP contribution in [0.1, 0.15) is 11.1 Å². The average Bonchev–Trinajstić information content (AvgIpc) is 2.77. The molecule has 0 unspecified atom stereocenters. The van der Waals surface area contributed by atoms with Crippen LogP contribution in [-0.2, 0) is 27.9 Å². The number of hydrogen-bond donors (Lipinski definition) is 0. The maximum absolute atomic E-state index is 13.4. The molecule has 3 rings (SSSR count). The normalized spacial score (nSPS) is 11.1. The summed E-state index contributed by atoms with van der Waals surface area (Å²) in [4.78, 5) is 15.0. The number of benzene rings is 3. The summed E-state index contributed by atoms with van der Waals surface area (Å²) in [5.74, 6) is 0.0973. The predicted octanol–water partition coefficient (Wildman–Crippen LogP) is 4.34. The van der Waals surface area contributed by atoms with Crippen molar-refractivity contribution in [2.24, 2.45) is 0 Å². The van der Waals surface area contributed by atoms with E-state index in [-0.39, 0.29) is 17.5 Å². The number of sulfonamides is 1. The zero-order chi connectivity index (χ0) is 23.1. The SMILES string of the molecule is COc1ccc(N(CC(=O)N(Cc2ccccc2)Cc2ccccc2)S(C)(=O)=O)cc1Cl. The highest BCUT2D eigenvalue weighted by Gasteiger charge is 2.25. The number of hydrogen-bond acceptors (Lipinski definition) is 4. The Morgan fingerprint density at radius 3 is 1.88 bits per heavy atom. The second kappa shape index (κ2) is 10.5. The number of nitrogens with zero attached hydrogens (tertiary/aromatic N) is 2. The van der Waals surface area contributed by atoms with Crippen LogP contribution in [0.15, 0.2) is 78.9 Å². The van der Waals surface area contributed by atoms with Gasteiger partial charge in [-0.25, -0.2) is 8.42 Å². The van der Waals surface area contributed by atoms with E-state index in [2.05, 4.69) is 0 Å². The van der Waals surface area contributed by atoms with Gasteiger partial charge in [0.15, 0.2) is 0 Å². The predicted molar refractivity (Wildman–Crippen MR) is 127 cm³/mol. The smallest absolute Gasteiger partial charge is 0.243 e. The van der Waals surface area contributed by atoms with Crippen LogP contribution in [0, 0.1) is 0 Å². The van der Waals surface area contributed by atoms with Crippen molar-refractivity contribution in [3.63, 3.8) is 0 Å². The van der Waals surface area contributed by atoms with E-state index < -0.39 is 10.0 Å². The Balaban J connectivity index is 1.89. The molecule has 8 heteroatoms. The van der Waals surface area contributed by atoms with Gasteiger partial charge in [-0.15, -0.1) is 0 Å². The summed E-state index contributed by atoms with van der Waals surface area (Å²) in [6, 6.07) is 23.8. The molecule has 0 spiro atoms. The van der Waals surface area contributed by atoms with Crippen LogP contribution < -0.4 is 9.04 Å². The fourth-order valence-electron chi connectivity index (χ4n) is 3.27. The van der Waals surface area contributed by atoms with Gasteiger partial charge in [-0.2, -0.15) is 0 Å². The number of carbonyl (C=O) groups excluding carboxylic acids is 1. The van der Waals surface area contributed by atoms with Crippen molar-refractivity contribution >= 4 is 33.2 Å².